The minimum Gasteiger partial charge on any atom is -0.486 e. The van der Waals surface area contributed by atoms with Gasteiger partial charge in [-0.05, 0) is 74.5 Å². The molecule has 4 aliphatic carbocycles. The van der Waals surface area contributed by atoms with Gasteiger partial charge in [-0.1, -0.05) is 0 Å². The largest absolute Gasteiger partial charge is 0.486 e. The van der Waals surface area contributed by atoms with E-state index in [0.717, 1.165) is 19.3 Å². The average Bonchev–Trinajstić information content (AvgIpc) is 2.69. The fraction of sp³-hybridized carbons (Fsp3) is 0.591. The van der Waals surface area contributed by atoms with Crippen LogP contribution in [-0.4, -0.2) is 38.5 Å². The first-order valence-corrected chi connectivity index (χ1v) is 9.90. The van der Waals surface area contributed by atoms with Crippen LogP contribution in [0.1, 0.15) is 59.2 Å². The van der Waals surface area contributed by atoms with E-state index in [4.69, 9.17) is 14.2 Å². The predicted octanol–water partition coefficient (Wildman–Crippen LogP) is 3.42. The van der Waals surface area contributed by atoms with Crippen molar-refractivity contribution >= 4 is 17.7 Å². The average molecular weight is 386 g/mol. The van der Waals surface area contributed by atoms with E-state index in [1.54, 1.807) is 0 Å². The summed E-state index contributed by atoms with van der Waals surface area (Å²) >= 11 is 0. The maximum atomic E-state index is 13.1. The Morgan fingerprint density at radius 3 is 1.75 bits per heavy atom. The third kappa shape index (κ3) is 3.40. The molecule has 0 radical (unpaired) electrons. The Labute approximate surface area is 164 Å². The molecule has 1 aromatic rings. The van der Waals surface area contributed by atoms with Crippen LogP contribution in [0.3, 0.4) is 0 Å². The van der Waals surface area contributed by atoms with Gasteiger partial charge >= 0.3 is 11.9 Å². The highest BCUT2D eigenvalue weighted by molar-refractivity contribution is 5.96. The molecule has 0 heterocycles. The standard InChI is InChI=1S/C22H26O6/c1-26-20(24)16-6-17(21(25)27-2)8-18(7-16)28-12-19(23)22-9-13-3-14(10-22)5-15(4-13)11-22/h6-8,13-15H,3-5,9-12H2,1-2H3. The second-order valence-corrected chi connectivity index (χ2v) is 8.64. The summed E-state index contributed by atoms with van der Waals surface area (Å²) in [5.74, 6) is 1.33. The number of esters is 2. The lowest BCUT2D eigenvalue weighted by atomic mass is 9.48. The molecule has 0 saturated heterocycles. The molecule has 4 aliphatic rings. The minimum absolute atomic E-state index is 0.0442. The molecule has 0 unspecified atom stereocenters. The van der Waals surface area contributed by atoms with Crippen LogP contribution in [0.2, 0.25) is 0 Å². The van der Waals surface area contributed by atoms with E-state index in [-0.39, 0.29) is 28.9 Å². The predicted molar refractivity (Wildman–Crippen MR) is 100 cm³/mol. The smallest absolute Gasteiger partial charge is 0.338 e. The Kier molecular flexibility index (Phi) is 4.89. The molecule has 0 aromatic heterocycles. The van der Waals surface area contributed by atoms with Crippen molar-refractivity contribution in [3.8, 4) is 5.75 Å². The molecule has 4 saturated carbocycles. The molecule has 0 amide bonds. The third-order valence-corrected chi connectivity index (χ3v) is 6.75. The van der Waals surface area contributed by atoms with E-state index in [0.29, 0.717) is 23.5 Å². The van der Waals surface area contributed by atoms with E-state index in [2.05, 4.69) is 0 Å². The van der Waals surface area contributed by atoms with Crippen molar-refractivity contribution in [1.82, 2.24) is 0 Å². The molecule has 4 fully saturated rings. The van der Waals surface area contributed by atoms with Crippen molar-refractivity contribution in [2.45, 2.75) is 38.5 Å². The van der Waals surface area contributed by atoms with Gasteiger partial charge in [-0.2, -0.15) is 0 Å². The van der Waals surface area contributed by atoms with Crippen molar-refractivity contribution in [2.24, 2.45) is 23.2 Å². The zero-order valence-electron chi connectivity index (χ0n) is 16.4. The van der Waals surface area contributed by atoms with Crippen molar-refractivity contribution in [2.75, 3.05) is 20.8 Å². The van der Waals surface area contributed by atoms with E-state index >= 15 is 0 Å². The summed E-state index contributed by atoms with van der Waals surface area (Å²) in [6.07, 6.45) is 6.77. The van der Waals surface area contributed by atoms with Crippen LogP contribution in [0, 0.1) is 23.2 Å². The Morgan fingerprint density at radius 1 is 0.857 bits per heavy atom. The Bertz CT molecular complexity index is 742. The molecule has 6 heteroatoms. The van der Waals surface area contributed by atoms with Gasteiger partial charge in [-0.25, -0.2) is 9.59 Å². The highest BCUT2D eigenvalue weighted by Crippen LogP contribution is 2.60. The van der Waals surface area contributed by atoms with Crippen LogP contribution >= 0.6 is 0 Å². The number of ketones is 1. The Hall–Kier alpha value is -2.37. The van der Waals surface area contributed by atoms with Gasteiger partial charge < -0.3 is 14.2 Å². The SMILES string of the molecule is COC(=O)c1cc(OCC(=O)C23CC4CC(CC(C4)C2)C3)cc(C(=O)OC)c1. The summed E-state index contributed by atoms with van der Waals surface area (Å²) in [6, 6.07) is 4.38. The molecule has 6 nitrogen and oxygen atoms in total. The summed E-state index contributed by atoms with van der Waals surface area (Å²) in [7, 11) is 2.54. The van der Waals surface area contributed by atoms with Crippen LogP contribution in [0.5, 0.6) is 5.75 Å². The Morgan fingerprint density at radius 2 is 1.32 bits per heavy atom. The number of carbonyl (C=O) groups is 3. The van der Waals surface area contributed by atoms with Gasteiger partial charge in [0.15, 0.2) is 5.78 Å². The maximum Gasteiger partial charge on any atom is 0.338 e. The first-order chi connectivity index (χ1) is 13.4. The zero-order chi connectivity index (χ0) is 19.9. The number of benzene rings is 1. The molecular weight excluding hydrogens is 360 g/mol. The third-order valence-electron chi connectivity index (χ3n) is 6.75. The number of rotatable bonds is 6. The first kappa shape index (κ1) is 19.0. The summed E-state index contributed by atoms with van der Waals surface area (Å²) in [5, 5.41) is 0. The fourth-order valence-electron chi connectivity index (χ4n) is 5.91. The van der Waals surface area contributed by atoms with Crippen molar-refractivity contribution < 1.29 is 28.6 Å². The highest BCUT2D eigenvalue weighted by Gasteiger charge is 2.54. The van der Waals surface area contributed by atoms with Crippen LogP contribution < -0.4 is 4.74 Å². The lowest BCUT2D eigenvalue weighted by Gasteiger charge is -2.55. The molecule has 0 N–H and O–H groups in total. The van der Waals surface area contributed by atoms with Crippen LogP contribution in [-0.2, 0) is 14.3 Å². The molecule has 0 atom stereocenters. The second-order valence-electron chi connectivity index (χ2n) is 8.64. The number of hydrogen-bond donors (Lipinski definition) is 0. The Balaban J connectivity index is 1.50. The molecule has 5 rings (SSSR count). The van der Waals surface area contributed by atoms with Crippen LogP contribution in [0.15, 0.2) is 18.2 Å². The van der Waals surface area contributed by atoms with Gasteiger partial charge in [-0.15, -0.1) is 0 Å². The van der Waals surface area contributed by atoms with E-state index in [9.17, 15) is 14.4 Å². The quantitative estimate of drug-likeness (QED) is 0.697. The summed E-state index contributed by atoms with van der Waals surface area (Å²) in [4.78, 5) is 36.9. The molecule has 1 aromatic carbocycles. The lowest BCUT2D eigenvalue weighted by Crippen LogP contribution is -2.51. The minimum atomic E-state index is -0.581. The van der Waals surface area contributed by atoms with Crippen LogP contribution in [0.25, 0.3) is 0 Å². The molecule has 0 aliphatic heterocycles. The zero-order valence-corrected chi connectivity index (χ0v) is 16.4. The molecule has 4 bridgehead atoms. The van der Waals surface area contributed by atoms with Crippen molar-refractivity contribution in [1.29, 1.82) is 0 Å². The van der Waals surface area contributed by atoms with Crippen LogP contribution in [0.4, 0.5) is 0 Å². The molecule has 28 heavy (non-hydrogen) atoms. The lowest BCUT2D eigenvalue weighted by molar-refractivity contribution is -0.145. The highest BCUT2D eigenvalue weighted by atomic mass is 16.5. The molecule has 0 spiro atoms. The van der Waals surface area contributed by atoms with Gasteiger partial charge in [-0.3, -0.25) is 4.79 Å². The topological polar surface area (TPSA) is 78.9 Å². The number of carbonyl (C=O) groups excluding carboxylic acids is 3. The summed E-state index contributed by atoms with van der Waals surface area (Å²) in [5.41, 5.74) is 0.130. The van der Waals surface area contributed by atoms with Gasteiger partial charge in [0, 0.05) is 5.41 Å². The monoisotopic (exact) mass is 386 g/mol. The maximum absolute atomic E-state index is 13.1. The van der Waals surface area contributed by atoms with Gasteiger partial charge in [0.1, 0.15) is 12.4 Å². The van der Waals surface area contributed by atoms with Gasteiger partial charge in [0.25, 0.3) is 0 Å². The van der Waals surface area contributed by atoms with Gasteiger partial charge in [0.2, 0.25) is 0 Å². The molecular formula is C22H26O6. The number of Topliss-reactive ketones (excluding diaryl/α,β-unsaturated/α-hetero) is 1. The summed E-state index contributed by atoms with van der Waals surface area (Å²) < 4.78 is 15.2. The second kappa shape index (κ2) is 7.22. The number of ether oxygens (including phenoxy) is 3. The van der Waals surface area contributed by atoms with Crippen molar-refractivity contribution in [3.05, 3.63) is 29.3 Å². The number of hydrogen-bond acceptors (Lipinski definition) is 6. The molecule has 150 valence electrons. The normalized spacial score (nSPS) is 30.0. The van der Waals surface area contributed by atoms with Crippen molar-refractivity contribution in [3.63, 3.8) is 0 Å². The summed E-state index contributed by atoms with van der Waals surface area (Å²) in [6.45, 7) is -0.0442. The van der Waals surface area contributed by atoms with E-state index in [1.807, 2.05) is 0 Å². The first-order valence-electron chi connectivity index (χ1n) is 9.90. The fourth-order valence-corrected chi connectivity index (χ4v) is 5.91. The van der Waals surface area contributed by atoms with E-state index < -0.39 is 11.9 Å². The van der Waals surface area contributed by atoms with E-state index in [1.165, 1.54) is 51.7 Å². The number of methoxy groups -OCH3 is 2. The van der Waals surface area contributed by atoms with Gasteiger partial charge in [0.05, 0.1) is 25.3 Å².